The zero-order valence-corrected chi connectivity index (χ0v) is 9.58. The fraction of sp³-hybridized carbons (Fsp3) is 0.417. The van der Waals surface area contributed by atoms with Gasteiger partial charge in [0.1, 0.15) is 0 Å². The summed E-state index contributed by atoms with van der Waals surface area (Å²) in [6.07, 6.45) is 0.537. The lowest BCUT2D eigenvalue weighted by atomic mass is 10.2. The summed E-state index contributed by atoms with van der Waals surface area (Å²) in [6.45, 7) is 2.46. The van der Waals surface area contributed by atoms with Gasteiger partial charge in [-0.15, -0.1) is 0 Å². The van der Waals surface area contributed by atoms with E-state index < -0.39 is 0 Å². The lowest BCUT2D eigenvalue weighted by Gasteiger charge is -2.12. The summed E-state index contributed by atoms with van der Waals surface area (Å²) in [6, 6.07) is 8.16. The summed E-state index contributed by atoms with van der Waals surface area (Å²) in [7, 11) is 4.02. The Labute approximate surface area is 91.1 Å². The molecule has 0 bridgehead atoms. The summed E-state index contributed by atoms with van der Waals surface area (Å²) in [5.41, 5.74) is 2.29. The largest absolute Gasteiger partial charge is 0.378 e. The summed E-state index contributed by atoms with van der Waals surface area (Å²) in [5, 5.41) is 2.84. The molecule has 0 aliphatic rings. The van der Waals surface area contributed by atoms with Crippen molar-refractivity contribution < 1.29 is 4.79 Å². The van der Waals surface area contributed by atoms with Crippen molar-refractivity contribution in [3.05, 3.63) is 29.8 Å². The molecule has 0 fully saturated rings. The molecule has 0 radical (unpaired) electrons. The van der Waals surface area contributed by atoms with Gasteiger partial charge in [0.05, 0.1) is 0 Å². The van der Waals surface area contributed by atoms with E-state index in [4.69, 9.17) is 0 Å². The summed E-state index contributed by atoms with van der Waals surface area (Å²) in [5.74, 6) is 0.0895. The maximum absolute atomic E-state index is 11.0. The third-order valence-electron chi connectivity index (χ3n) is 2.26. The lowest BCUT2D eigenvalue weighted by molar-refractivity contribution is -0.120. The first-order valence-corrected chi connectivity index (χ1v) is 5.16. The Hall–Kier alpha value is -1.51. The van der Waals surface area contributed by atoms with Gasteiger partial charge in [0.25, 0.3) is 0 Å². The molecular formula is C12H18N2O. The normalized spacial score (nSPS) is 9.80. The fourth-order valence-electron chi connectivity index (χ4n) is 1.24. The van der Waals surface area contributed by atoms with Crippen molar-refractivity contribution in [3.63, 3.8) is 0 Å². The molecule has 1 aromatic carbocycles. The lowest BCUT2D eigenvalue weighted by Crippen LogP contribution is -2.21. The quantitative estimate of drug-likeness (QED) is 0.814. The molecule has 1 rings (SSSR count). The van der Waals surface area contributed by atoms with Crippen LogP contribution in [-0.2, 0) is 11.3 Å². The van der Waals surface area contributed by atoms with Crippen LogP contribution in [0.1, 0.15) is 18.9 Å². The zero-order valence-electron chi connectivity index (χ0n) is 9.58. The predicted molar refractivity (Wildman–Crippen MR) is 62.9 cm³/mol. The highest BCUT2D eigenvalue weighted by molar-refractivity contribution is 5.75. The van der Waals surface area contributed by atoms with Crippen LogP contribution < -0.4 is 10.2 Å². The Morgan fingerprint density at radius 1 is 1.27 bits per heavy atom. The van der Waals surface area contributed by atoms with Crippen molar-refractivity contribution in [2.45, 2.75) is 19.9 Å². The highest BCUT2D eigenvalue weighted by Crippen LogP contribution is 2.11. The average Bonchev–Trinajstić information content (AvgIpc) is 2.26. The summed E-state index contributed by atoms with van der Waals surface area (Å²) in [4.78, 5) is 13.1. The minimum Gasteiger partial charge on any atom is -0.378 e. The number of hydrogen-bond donors (Lipinski definition) is 1. The van der Waals surface area contributed by atoms with Gasteiger partial charge < -0.3 is 10.2 Å². The average molecular weight is 206 g/mol. The smallest absolute Gasteiger partial charge is 0.219 e. The van der Waals surface area contributed by atoms with E-state index in [1.165, 1.54) is 5.69 Å². The van der Waals surface area contributed by atoms with E-state index in [1.54, 1.807) is 0 Å². The Kier molecular flexibility index (Phi) is 4.16. The van der Waals surface area contributed by atoms with Crippen molar-refractivity contribution in [2.24, 2.45) is 0 Å². The number of nitrogens with one attached hydrogen (secondary N) is 1. The van der Waals surface area contributed by atoms with Crippen LogP contribution in [0.15, 0.2) is 24.3 Å². The first kappa shape index (κ1) is 11.6. The Morgan fingerprint density at radius 3 is 2.33 bits per heavy atom. The molecule has 0 unspecified atom stereocenters. The molecule has 3 heteroatoms. The van der Waals surface area contributed by atoms with Crippen LogP contribution >= 0.6 is 0 Å². The van der Waals surface area contributed by atoms with Crippen LogP contribution in [0.3, 0.4) is 0 Å². The van der Waals surface area contributed by atoms with Gasteiger partial charge in [0.2, 0.25) is 5.91 Å². The van der Waals surface area contributed by atoms with Crippen LogP contribution in [0.4, 0.5) is 5.69 Å². The van der Waals surface area contributed by atoms with Gasteiger partial charge in [-0.3, -0.25) is 4.79 Å². The molecule has 15 heavy (non-hydrogen) atoms. The molecule has 3 nitrogen and oxygen atoms in total. The third kappa shape index (κ3) is 3.62. The second kappa shape index (κ2) is 5.39. The zero-order chi connectivity index (χ0) is 11.3. The van der Waals surface area contributed by atoms with Crippen LogP contribution in [0.25, 0.3) is 0 Å². The molecule has 0 heterocycles. The number of amides is 1. The van der Waals surface area contributed by atoms with Gasteiger partial charge in [0, 0.05) is 32.7 Å². The Morgan fingerprint density at radius 2 is 1.87 bits per heavy atom. The Bertz CT molecular complexity index is 317. The summed E-state index contributed by atoms with van der Waals surface area (Å²) >= 11 is 0. The number of rotatable bonds is 4. The molecule has 0 aliphatic heterocycles. The van der Waals surface area contributed by atoms with E-state index in [9.17, 15) is 4.79 Å². The van der Waals surface area contributed by atoms with Crippen LogP contribution in [0, 0.1) is 0 Å². The molecule has 1 aromatic rings. The molecule has 0 spiro atoms. The van der Waals surface area contributed by atoms with Gasteiger partial charge in [-0.2, -0.15) is 0 Å². The second-order valence-electron chi connectivity index (χ2n) is 3.69. The van der Waals surface area contributed by atoms with E-state index in [0.29, 0.717) is 13.0 Å². The standard InChI is InChI=1S/C12H18N2O/c1-4-12(15)13-9-10-5-7-11(8-6-10)14(2)3/h5-8H,4,9H2,1-3H3,(H,13,15). The monoisotopic (exact) mass is 206 g/mol. The Balaban J connectivity index is 2.53. The van der Waals surface area contributed by atoms with Crippen molar-refractivity contribution in [2.75, 3.05) is 19.0 Å². The molecule has 0 saturated carbocycles. The number of nitrogens with zero attached hydrogens (tertiary/aromatic N) is 1. The molecule has 0 saturated heterocycles. The SMILES string of the molecule is CCC(=O)NCc1ccc(N(C)C)cc1. The van der Waals surface area contributed by atoms with E-state index in [-0.39, 0.29) is 5.91 Å². The number of anilines is 1. The van der Waals surface area contributed by atoms with Gasteiger partial charge in [-0.1, -0.05) is 19.1 Å². The second-order valence-corrected chi connectivity index (χ2v) is 3.69. The van der Waals surface area contributed by atoms with Gasteiger partial charge in [-0.05, 0) is 17.7 Å². The molecule has 0 aliphatic carbocycles. The molecule has 1 amide bonds. The van der Waals surface area contributed by atoms with Gasteiger partial charge in [-0.25, -0.2) is 0 Å². The highest BCUT2D eigenvalue weighted by atomic mass is 16.1. The number of hydrogen-bond acceptors (Lipinski definition) is 2. The fourth-order valence-corrected chi connectivity index (χ4v) is 1.24. The minimum absolute atomic E-state index is 0.0895. The van der Waals surface area contributed by atoms with Gasteiger partial charge >= 0.3 is 0 Å². The maximum atomic E-state index is 11.0. The first-order chi connectivity index (χ1) is 7.13. The molecule has 0 aromatic heterocycles. The molecule has 0 atom stereocenters. The van der Waals surface area contributed by atoms with Crippen LogP contribution in [0.5, 0.6) is 0 Å². The van der Waals surface area contributed by atoms with Crippen LogP contribution in [-0.4, -0.2) is 20.0 Å². The summed E-state index contributed by atoms with van der Waals surface area (Å²) < 4.78 is 0. The number of carbonyl (C=O) groups excluding carboxylic acids is 1. The van der Waals surface area contributed by atoms with E-state index in [2.05, 4.69) is 10.2 Å². The number of carbonyl (C=O) groups is 1. The predicted octanol–water partition coefficient (Wildman–Crippen LogP) is 1.78. The van der Waals surface area contributed by atoms with E-state index >= 15 is 0 Å². The van der Waals surface area contributed by atoms with E-state index in [0.717, 1.165) is 5.56 Å². The van der Waals surface area contributed by atoms with Crippen molar-refractivity contribution in [3.8, 4) is 0 Å². The minimum atomic E-state index is 0.0895. The van der Waals surface area contributed by atoms with E-state index in [1.807, 2.05) is 45.3 Å². The first-order valence-electron chi connectivity index (χ1n) is 5.16. The highest BCUT2D eigenvalue weighted by Gasteiger charge is 1.98. The third-order valence-corrected chi connectivity index (χ3v) is 2.26. The van der Waals surface area contributed by atoms with Crippen molar-refractivity contribution >= 4 is 11.6 Å². The van der Waals surface area contributed by atoms with Crippen molar-refractivity contribution in [1.29, 1.82) is 0 Å². The maximum Gasteiger partial charge on any atom is 0.219 e. The topological polar surface area (TPSA) is 32.3 Å². The van der Waals surface area contributed by atoms with Crippen molar-refractivity contribution in [1.82, 2.24) is 5.32 Å². The molecule has 1 N–H and O–H groups in total. The van der Waals surface area contributed by atoms with Gasteiger partial charge in [0.15, 0.2) is 0 Å². The molecule has 82 valence electrons. The number of benzene rings is 1. The van der Waals surface area contributed by atoms with Crippen LogP contribution in [0.2, 0.25) is 0 Å². The molecular weight excluding hydrogens is 188 g/mol.